The van der Waals surface area contributed by atoms with Crippen LogP contribution in [0.1, 0.15) is 17.4 Å². The molecule has 17 heavy (non-hydrogen) atoms. The second-order valence-electron chi connectivity index (χ2n) is 3.54. The van der Waals surface area contributed by atoms with Gasteiger partial charge >= 0.3 is 0 Å². The number of aliphatic hydroxyl groups is 1. The van der Waals surface area contributed by atoms with Crippen molar-refractivity contribution in [3.8, 4) is 0 Å². The van der Waals surface area contributed by atoms with Crippen LogP contribution in [0, 0.1) is 10.1 Å². The SMILES string of the molecule is CCN(CCO)CC(=O)c1cc([N+](=O)[O-])c[nH]1. The molecule has 0 saturated heterocycles. The summed E-state index contributed by atoms with van der Waals surface area (Å²) in [5.74, 6) is -0.228. The lowest BCUT2D eigenvalue weighted by molar-refractivity contribution is -0.384. The Balaban J connectivity index is 2.65. The molecule has 1 heterocycles. The van der Waals surface area contributed by atoms with Crippen LogP contribution in [-0.2, 0) is 0 Å². The van der Waals surface area contributed by atoms with Crippen molar-refractivity contribution in [2.75, 3.05) is 26.2 Å². The first kappa shape index (κ1) is 13.3. The summed E-state index contributed by atoms with van der Waals surface area (Å²) in [5, 5.41) is 19.2. The minimum Gasteiger partial charge on any atom is -0.395 e. The van der Waals surface area contributed by atoms with E-state index in [2.05, 4.69) is 4.98 Å². The standard InChI is InChI=1S/C10H15N3O4/c1-2-12(3-4-14)7-10(15)9-5-8(6-11-9)13(16)17/h5-6,11,14H,2-4,7H2,1H3. The van der Waals surface area contributed by atoms with Crippen LogP contribution < -0.4 is 0 Å². The number of hydrogen-bond acceptors (Lipinski definition) is 5. The number of Topliss-reactive ketones (excluding diaryl/α,β-unsaturated/α-hetero) is 1. The molecule has 0 saturated carbocycles. The van der Waals surface area contributed by atoms with Gasteiger partial charge in [-0.1, -0.05) is 6.92 Å². The van der Waals surface area contributed by atoms with Gasteiger partial charge in [0.25, 0.3) is 5.69 Å². The van der Waals surface area contributed by atoms with Crippen LogP contribution in [0.4, 0.5) is 5.69 Å². The van der Waals surface area contributed by atoms with Crippen LogP contribution in [-0.4, -0.2) is 51.9 Å². The van der Waals surface area contributed by atoms with Crippen LogP contribution in [0.25, 0.3) is 0 Å². The highest BCUT2D eigenvalue weighted by molar-refractivity contribution is 5.96. The lowest BCUT2D eigenvalue weighted by Gasteiger charge is -2.17. The molecule has 0 aliphatic heterocycles. The molecule has 1 rings (SSSR count). The number of H-pyrrole nitrogens is 1. The summed E-state index contributed by atoms with van der Waals surface area (Å²) >= 11 is 0. The van der Waals surface area contributed by atoms with E-state index >= 15 is 0 Å². The van der Waals surface area contributed by atoms with E-state index in [1.54, 1.807) is 4.90 Å². The van der Waals surface area contributed by atoms with E-state index in [4.69, 9.17) is 5.11 Å². The van der Waals surface area contributed by atoms with Crippen molar-refractivity contribution in [2.45, 2.75) is 6.92 Å². The van der Waals surface area contributed by atoms with E-state index in [-0.39, 0.29) is 30.3 Å². The van der Waals surface area contributed by atoms with E-state index in [1.165, 1.54) is 12.3 Å². The van der Waals surface area contributed by atoms with Crippen molar-refractivity contribution in [1.29, 1.82) is 0 Å². The van der Waals surface area contributed by atoms with Crippen LogP contribution in [0.5, 0.6) is 0 Å². The Morgan fingerprint density at radius 3 is 2.82 bits per heavy atom. The van der Waals surface area contributed by atoms with Gasteiger partial charge in [0.15, 0.2) is 5.78 Å². The Kier molecular flexibility index (Phi) is 4.80. The molecule has 7 nitrogen and oxygen atoms in total. The summed E-state index contributed by atoms with van der Waals surface area (Å²) in [5.41, 5.74) is 0.0895. The topological polar surface area (TPSA) is 99.5 Å². The second kappa shape index (κ2) is 6.12. The molecule has 0 aliphatic rings. The largest absolute Gasteiger partial charge is 0.395 e. The predicted molar refractivity (Wildman–Crippen MR) is 61.0 cm³/mol. The summed E-state index contributed by atoms with van der Waals surface area (Å²) < 4.78 is 0. The summed E-state index contributed by atoms with van der Waals surface area (Å²) in [6, 6.07) is 1.22. The van der Waals surface area contributed by atoms with Gasteiger partial charge in [0.1, 0.15) is 0 Å². The number of likely N-dealkylation sites (N-methyl/N-ethyl adjacent to an activating group) is 1. The molecular weight excluding hydrogens is 226 g/mol. The molecule has 1 aromatic heterocycles. The van der Waals surface area contributed by atoms with E-state index in [9.17, 15) is 14.9 Å². The maximum absolute atomic E-state index is 11.7. The van der Waals surface area contributed by atoms with Gasteiger partial charge in [-0.3, -0.25) is 19.8 Å². The fraction of sp³-hybridized carbons (Fsp3) is 0.500. The Hall–Kier alpha value is -1.73. The Bertz CT molecular complexity index is 402. The van der Waals surface area contributed by atoms with Gasteiger partial charge in [0.05, 0.1) is 30.0 Å². The Labute approximate surface area is 98.2 Å². The number of carbonyl (C=O) groups excluding carboxylic acids is 1. The van der Waals surface area contributed by atoms with Gasteiger partial charge in [-0.2, -0.15) is 0 Å². The van der Waals surface area contributed by atoms with E-state index < -0.39 is 4.92 Å². The normalized spacial score (nSPS) is 10.8. The van der Waals surface area contributed by atoms with E-state index in [1.807, 2.05) is 6.92 Å². The molecule has 94 valence electrons. The number of ketones is 1. The van der Waals surface area contributed by atoms with Crippen LogP contribution >= 0.6 is 0 Å². The van der Waals surface area contributed by atoms with Crippen molar-refractivity contribution < 1.29 is 14.8 Å². The van der Waals surface area contributed by atoms with Gasteiger partial charge in [-0.15, -0.1) is 0 Å². The Morgan fingerprint density at radius 1 is 1.65 bits per heavy atom. The third-order valence-corrected chi connectivity index (χ3v) is 2.41. The van der Waals surface area contributed by atoms with E-state index in [0.717, 1.165) is 0 Å². The number of rotatable bonds is 7. The predicted octanol–water partition coefficient (Wildman–Crippen LogP) is 0.420. The highest BCUT2D eigenvalue weighted by Gasteiger charge is 2.16. The number of aromatic amines is 1. The fourth-order valence-corrected chi connectivity index (χ4v) is 1.43. The first-order valence-electron chi connectivity index (χ1n) is 5.27. The average Bonchev–Trinajstić information content (AvgIpc) is 2.77. The van der Waals surface area contributed by atoms with Crippen molar-refractivity contribution in [3.05, 3.63) is 28.1 Å². The van der Waals surface area contributed by atoms with Crippen LogP contribution in [0.15, 0.2) is 12.3 Å². The van der Waals surface area contributed by atoms with Crippen molar-refractivity contribution in [2.24, 2.45) is 0 Å². The zero-order valence-corrected chi connectivity index (χ0v) is 9.55. The molecule has 0 fully saturated rings. The third-order valence-electron chi connectivity index (χ3n) is 2.41. The highest BCUT2D eigenvalue weighted by atomic mass is 16.6. The fourth-order valence-electron chi connectivity index (χ4n) is 1.43. The molecule has 0 atom stereocenters. The van der Waals surface area contributed by atoms with Gasteiger partial charge in [-0.25, -0.2) is 0 Å². The minimum atomic E-state index is -0.557. The monoisotopic (exact) mass is 241 g/mol. The summed E-state index contributed by atoms with van der Waals surface area (Å²) in [4.78, 5) is 26.0. The average molecular weight is 241 g/mol. The first-order valence-corrected chi connectivity index (χ1v) is 5.27. The smallest absolute Gasteiger partial charge is 0.287 e. The first-order chi connectivity index (χ1) is 8.08. The quantitative estimate of drug-likeness (QED) is 0.409. The molecule has 1 aromatic rings. The zero-order valence-electron chi connectivity index (χ0n) is 9.55. The van der Waals surface area contributed by atoms with Gasteiger partial charge in [0, 0.05) is 12.6 Å². The van der Waals surface area contributed by atoms with Gasteiger partial charge < -0.3 is 10.1 Å². The zero-order chi connectivity index (χ0) is 12.8. The molecule has 0 bridgehead atoms. The van der Waals surface area contributed by atoms with E-state index in [0.29, 0.717) is 13.1 Å². The lowest BCUT2D eigenvalue weighted by Crippen LogP contribution is -2.32. The number of aliphatic hydroxyl groups excluding tert-OH is 1. The van der Waals surface area contributed by atoms with Gasteiger partial charge in [0.2, 0.25) is 0 Å². The molecule has 0 unspecified atom stereocenters. The second-order valence-corrected chi connectivity index (χ2v) is 3.54. The molecule has 0 aliphatic carbocycles. The molecule has 7 heteroatoms. The number of nitrogens with one attached hydrogen (secondary N) is 1. The highest BCUT2D eigenvalue weighted by Crippen LogP contribution is 2.12. The number of aromatic nitrogens is 1. The molecule has 0 radical (unpaired) electrons. The maximum Gasteiger partial charge on any atom is 0.287 e. The molecule has 0 amide bonds. The lowest BCUT2D eigenvalue weighted by atomic mass is 10.2. The summed E-state index contributed by atoms with van der Waals surface area (Å²) in [6.07, 6.45) is 1.19. The summed E-state index contributed by atoms with van der Waals surface area (Å²) in [7, 11) is 0. The third kappa shape index (κ3) is 3.65. The summed E-state index contributed by atoms with van der Waals surface area (Å²) in [6.45, 7) is 3.03. The maximum atomic E-state index is 11.7. The van der Waals surface area contributed by atoms with Crippen molar-refractivity contribution in [1.82, 2.24) is 9.88 Å². The van der Waals surface area contributed by atoms with Crippen molar-refractivity contribution in [3.63, 3.8) is 0 Å². The van der Waals surface area contributed by atoms with Crippen LogP contribution in [0.3, 0.4) is 0 Å². The van der Waals surface area contributed by atoms with Crippen LogP contribution in [0.2, 0.25) is 0 Å². The number of hydrogen-bond donors (Lipinski definition) is 2. The Morgan fingerprint density at radius 2 is 2.35 bits per heavy atom. The number of carbonyl (C=O) groups is 1. The minimum absolute atomic E-state index is 0.0218. The number of nitro groups is 1. The number of nitrogens with zero attached hydrogens (tertiary/aromatic N) is 2. The molecule has 0 spiro atoms. The molecule has 0 aromatic carbocycles. The molecular formula is C10H15N3O4. The van der Waals surface area contributed by atoms with Gasteiger partial charge in [-0.05, 0) is 6.54 Å². The molecule has 2 N–H and O–H groups in total. The van der Waals surface area contributed by atoms with Crippen molar-refractivity contribution >= 4 is 11.5 Å².